The first-order valence-electron chi connectivity index (χ1n) is 4.74. The Morgan fingerprint density at radius 3 is 2.36 bits per heavy atom. The van der Waals surface area contributed by atoms with Crippen LogP contribution in [0.3, 0.4) is 0 Å². The first-order valence-corrected chi connectivity index (χ1v) is 4.74. The molecule has 0 unspecified atom stereocenters. The summed E-state index contributed by atoms with van der Waals surface area (Å²) in [7, 11) is 2.06. The number of aromatic nitrogens is 1. The lowest BCUT2D eigenvalue weighted by atomic mass is 10.2. The summed E-state index contributed by atoms with van der Waals surface area (Å²) in [5, 5.41) is 2.43. The SMILES string of the molecule is C=C/C=c1\c(=C/C)c(C=C)c(C)n1C. The van der Waals surface area contributed by atoms with E-state index in [0.717, 1.165) is 0 Å². The Morgan fingerprint density at radius 1 is 1.29 bits per heavy atom. The predicted octanol–water partition coefficient (Wildman–Crippen LogP) is 1.74. The molecule has 14 heavy (non-hydrogen) atoms. The molecular weight excluding hydrogens is 170 g/mol. The summed E-state index contributed by atoms with van der Waals surface area (Å²) >= 11 is 0. The highest BCUT2D eigenvalue weighted by Gasteiger charge is 2.03. The molecule has 1 rings (SSSR count). The molecule has 0 saturated carbocycles. The molecular formula is C13H17N. The standard InChI is InChI=1S/C13H17N/c1-6-9-13-12(8-3)11(7-2)10(4)14(13)5/h6-9H,1-2H2,3-5H3/b12-8-,13-9+. The van der Waals surface area contributed by atoms with E-state index in [1.807, 2.05) is 25.2 Å². The van der Waals surface area contributed by atoms with E-state index in [1.54, 1.807) is 0 Å². The monoisotopic (exact) mass is 187 g/mol. The smallest absolute Gasteiger partial charge is 0.0482 e. The van der Waals surface area contributed by atoms with Crippen molar-refractivity contribution in [3.05, 3.63) is 41.1 Å². The molecule has 0 bridgehead atoms. The minimum atomic E-state index is 1.19. The van der Waals surface area contributed by atoms with Crippen LogP contribution in [-0.4, -0.2) is 4.57 Å². The van der Waals surface area contributed by atoms with Crippen LogP contribution in [-0.2, 0) is 7.05 Å². The van der Waals surface area contributed by atoms with Crippen LogP contribution in [0.2, 0.25) is 0 Å². The molecule has 0 aliphatic rings. The quantitative estimate of drug-likeness (QED) is 0.664. The van der Waals surface area contributed by atoms with E-state index in [0.29, 0.717) is 0 Å². The van der Waals surface area contributed by atoms with Crippen LogP contribution in [0.4, 0.5) is 0 Å². The van der Waals surface area contributed by atoms with Gasteiger partial charge in [0.15, 0.2) is 0 Å². The van der Waals surface area contributed by atoms with Crippen LogP contribution in [0.25, 0.3) is 18.2 Å². The van der Waals surface area contributed by atoms with E-state index in [1.165, 1.54) is 21.8 Å². The van der Waals surface area contributed by atoms with Gasteiger partial charge in [-0.25, -0.2) is 0 Å². The van der Waals surface area contributed by atoms with Gasteiger partial charge in [-0.3, -0.25) is 0 Å². The van der Waals surface area contributed by atoms with Gasteiger partial charge in [-0.2, -0.15) is 0 Å². The van der Waals surface area contributed by atoms with Crippen LogP contribution < -0.4 is 10.6 Å². The lowest BCUT2D eigenvalue weighted by Crippen LogP contribution is -2.28. The third kappa shape index (κ3) is 1.46. The summed E-state index contributed by atoms with van der Waals surface area (Å²) in [4.78, 5) is 0. The van der Waals surface area contributed by atoms with E-state index < -0.39 is 0 Å². The van der Waals surface area contributed by atoms with E-state index in [9.17, 15) is 0 Å². The zero-order valence-electron chi connectivity index (χ0n) is 9.17. The average Bonchev–Trinajstić information content (AvgIpc) is 2.42. The summed E-state index contributed by atoms with van der Waals surface area (Å²) in [5.41, 5.74) is 2.45. The van der Waals surface area contributed by atoms with Crippen molar-refractivity contribution in [3.8, 4) is 0 Å². The van der Waals surface area contributed by atoms with Gasteiger partial charge >= 0.3 is 0 Å². The Bertz CT molecular complexity index is 472. The summed E-state index contributed by atoms with van der Waals surface area (Å²) in [6.07, 6.45) is 7.86. The number of allylic oxidation sites excluding steroid dienone is 1. The van der Waals surface area contributed by atoms with Gasteiger partial charge in [-0.15, -0.1) is 0 Å². The second-order valence-corrected chi connectivity index (χ2v) is 3.25. The van der Waals surface area contributed by atoms with E-state index >= 15 is 0 Å². The highest BCUT2D eigenvalue weighted by Crippen LogP contribution is 2.00. The topological polar surface area (TPSA) is 4.93 Å². The molecule has 0 aromatic carbocycles. The Kier molecular flexibility index (Phi) is 3.13. The fraction of sp³-hybridized carbons (Fsp3) is 0.231. The predicted molar refractivity (Wildman–Crippen MR) is 64.3 cm³/mol. The molecule has 0 N–H and O–H groups in total. The molecule has 1 nitrogen and oxygen atoms in total. The first-order chi connectivity index (χ1) is 6.67. The van der Waals surface area contributed by atoms with E-state index in [4.69, 9.17) is 0 Å². The maximum Gasteiger partial charge on any atom is 0.0482 e. The van der Waals surface area contributed by atoms with E-state index in [2.05, 4.69) is 37.8 Å². The molecule has 0 aliphatic heterocycles. The fourth-order valence-electron chi connectivity index (χ4n) is 1.75. The molecule has 0 atom stereocenters. The minimum absolute atomic E-state index is 1.19. The van der Waals surface area contributed by atoms with Crippen LogP contribution >= 0.6 is 0 Å². The van der Waals surface area contributed by atoms with Gasteiger partial charge in [-0.05, 0) is 19.9 Å². The van der Waals surface area contributed by atoms with Gasteiger partial charge in [0.1, 0.15) is 0 Å². The maximum absolute atomic E-state index is 3.84. The third-order valence-electron chi connectivity index (χ3n) is 2.59. The number of hydrogen-bond donors (Lipinski definition) is 0. The molecule has 0 spiro atoms. The largest absolute Gasteiger partial charge is 0.347 e. The fourth-order valence-corrected chi connectivity index (χ4v) is 1.75. The summed E-state index contributed by atoms with van der Waals surface area (Å²) in [6, 6.07) is 0. The lowest BCUT2D eigenvalue weighted by molar-refractivity contribution is 0.848. The van der Waals surface area contributed by atoms with Crippen LogP contribution in [0.1, 0.15) is 18.2 Å². The molecule has 1 heterocycles. The van der Waals surface area contributed by atoms with Crippen molar-refractivity contribution in [2.75, 3.05) is 0 Å². The molecule has 0 amide bonds. The van der Waals surface area contributed by atoms with Crippen molar-refractivity contribution < 1.29 is 0 Å². The van der Waals surface area contributed by atoms with Crippen molar-refractivity contribution in [1.82, 2.24) is 4.57 Å². The second-order valence-electron chi connectivity index (χ2n) is 3.25. The van der Waals surface area contributed by atoms with Crippen LogP contribution in [0.5, 0.6) is 0 Å². The van der Waals surface area contributed by atoms with Crippen molar-refractivity contribution in [3.63, 3.8) is 0 Å². The van der Waals surface area contributed by atoms with Gasteiger partial charge in [0, 0.05) is 28.9 Å². The Hall–Kier alpha value is -1.50. The number of hydrogen-bond acceptors (Lipinski definition) is 0. The van der Waals surface area contributed by atoms with Crippen molar-refractivity contribution in [2.45, 2.75) is 13.8 Å². The van der Waals surface area contributed by atoms with Crippen molar-refractivity contribution in [1.29, 1.82) is 0 Å². The summed E-state index contributed by atoms with van der Waals surface area (Å²) in [6.45, 7) is 11.7. The first kappa shape index (κ1) is 10.6. The molecule has 0 radical (unpaired) electrons. The molecule has 0 saturated heterocycles. The Balaban J connectivity index is 3.85. The Morgan fingerprint density at radius 2 is 1.93 bits per heavy atom. The zero-order chi connectivity index (χ0) is 10.7. The van der Waals surface area contributed by atoms with Crippen LogP contribution in [0, 0.1) is 6.92 Å². The van der Waals surface area contributed by atoms with Crippen molar-refractivity contribution >= 4 is 18.2 Å². The van der Waals surface area contributed by atoms with Gasteiger partial charge < -0.3 is 4.57 Å². The number of nitrogens with zero attached hydrogens (tertiary/aromatic N) is 1. The summed E-state index contributed by atoms with van der Waals surface area (Å²) in [5.74, 6) is 0. The zero-order valence-corrected chi connectivity index (χ0v) is 9.17. The molecule has 1 aromatic heterocycles. The molecule has 1 aromatic rings. The highest BCUT2D eigenvalue weighted by molar-refractivity contribution is 5.55. The van der Waals surface area contributed by atoms with Gasteiger partial charge in [-0.1, -0.05) is 31.4 Å². The minimum Gasteiger partial charge on any atom is -0.347 e. The van der Waals surface area contributed by atoms with Gasteiger partial charge in [0.2, 0.25) is 0 Å². The third-order valence-corrected chi connectivity index (χ3v) is 2.59. The van der Waals surface area contributed by atoms with Gasteiger partial charge in [0.05, 0.1) is 0 Å². The van der Waals surface area contributed by atoms with Crippen LogP contribution in [0.15, 0.2) is 19.2 Å². The molecule has 0 fully saturated rings. The molecule has 1 heteroatoms. The summed E-state index contributed by atoms with van der Waals surface area (Å²) < 4.78 is 2.16. The Labute approximate surface area is 85.4 Å². The highest BCUT2D eigenvalue weighted by atomic mass is 14.9. The van der Waals surface area contributed by atoms with Crippen molar-refractivity contribution in [2.24, 2.45) is 7.05 Å². The normalized spacial score (nSPS) is 13.4. The average molecular weight is 187 g/mol. The maximum atomic E-state index is 3.84. The lowest BCUT2D eigenvalue weighted by Gasteiger charge is -1.96. The molecule has 0 aliphatic carbocycles. The van der Waals surface area contributed by atoms with E-state index in [-0.39, 0.29) is 0 Å². The molecule has 74 valence electrons. The number of rotatable bonds is 2. The van der Waals surface area contributed by atoms with Gasteiger partial charge in [0.25, 0.3) is 0 Å². The second kappa shape index (κ2) is 4.14.